The summed E-state index contributed by atoms with van der Waals surface area (Å²) in [5.41, 5.74) is 4.07. The van der Waals surface area contributed by atoms with Gasteiger partial charge >= 0.3 is 0 Å². The van der Waals surface area contributed by atoms with E-state index < -0.39 is 0 Å². The molecular weight excluding hydrogens is 196 g/mol. The highest BCUT2D eigenvalue weighted by Gasteiger charge is 2.11. The van der Waals surface area contributed by atoms with Crippen LogP contribution in [0.4, 0.5) is 0 Å². The molecule has 0 bridgehead atoms. The van der Waals surface area contributed by atoms with Gasteiger partial charge in [-0.15, -0.1) is 6.58 Å². The monoisotopic (exact) mass is 218 g/mol. The molecule has 1 heteroatoms. The first-order valence-electron chi connectivity index (χ1n) is 5.95. The average molecular weight is 218 g/mol. The second-order valence-corrected chi connectivity index (χ2v) is 4.33. The molecule has 0 heterocycles. The third-order valence-electron chi connectivity index (χ3n) is 2.89. The quantitative estimate of drug-likeness (QED) is 0.666. The highest BCUT2D eigenvalue weighted by atomic mass is 16.5. The first-order valence-corrected chi connectivity index (χ1v) is 5.95. The third kappa shape index (κ3) is 2.88. The fourth-order valence-electron chi connectivity index (χ4n) is 2.33. The van der Waals surface area contributed by atoms with Crippen molar-refractivity contribution in [3.63, 3.8) is 0 Å². The maximum atomic E-state index is 5.54. The van der Waals surface area contributed by atoms with Gasteiger partial charge in [-0.1, -0.05) is 13.0 Å². The Morgan fingerprint density at radius 3 is 2.31 bits per heavy atom. The summed E-state index contributed by atoms with van der Waals surface area (Å²) < 4.78 is 5.54. The minimum atomic E-state index is 0.535. The van der Waals surface area contributed by atoms with E-state index in [-0.39, 0.29) is 0 Å². The number of rotatable bonds is 5. The Morgan fingerprint density at radius 1 is 1.31 bits per heavy atom. The number of hydrogen-bond acceptors (Lipinski definition) is 1. The van der Waals surface area contributed by atoms with E-state index in [0.717, 1.165) is 18.8 Å². The topological polar surface area (TPSA) is 9.23 Å². The van der Waals surface area contributed by atoms with Crippen molar-refractivity contribution in [1.29, 1.82) is 0 Å². The van der Waals surface area contributed by atoms with Crippen molar-refractivity contribution < 1.29 is 4.74 Å². The standard InChI is InChI=1S/C15H22O/c1-6-8-11(3)15-12(4)9-14(16-7-2)10-13(15)5/h6,9-11H,1,7-8H2,2-5H3. The number of hydrogen-bond donors (Lipinski definition) is 0. The fraction of sp³-hybridized carbons (Fsp3) is 0.467. The van der Waals surface area contributed by atoms with Crippen molar-refractivity contribution in [2.45, 2.75) is 40.0 Å². The first-order chi connectivity index (χ1) is 7.60. The summed E-state index contributed by atoms with van der Waals surface area (Å²) in [6.45, 7) is 13.1. The summed E-state index contributed by atoms with van der Waals surface area (Å²) in [7, 11) is 0. The molecule has 0 radical (unpaired) electrons. The smallest absolute Gasteiger partial charge is 0.119 e. The lowest BCUT2D eigenvalue weighted by atomic mass is 9.90. The normalized spacial score (nSPS) is 12.2. The van der Waals surface area contributed by atoms with Crippen molar-refractivity contribution in [1.82, 2.24) is 0 Å². The molecule has 0 N–H and O–H groups in total. The average Bonchev–Trinajstić information content (AvgIpc) is 2.17. The van der Waals surface area contributed by atoms with Crippen molar-refractivity contribution in [2.75, 3.05) is 6.61 Å². The molecule has 0 fully saturated rings. The molecule has 0 aliphatic heterocycles. The van der Waals surface area contributed by atoms with Crippen LogP contribution < -0.4 is 4.74 Å². The van der Waals surface area contributed by atoms with Crippen LogP contribution in [0.1, 0.15) is 42.9 Å². The van der Waals surface area contributed by atoms with E-state index in [2.05, 4.69) is 39.5 Å². The van der Waals surface area contributed by atoms with Crippen LogP contribution in [0.3, 0.4) is 0 Å². The third-order valence-corrected chi connectivity index (χ3v) is 2.89. The van der Waals surface area contributed by atoms with Crippen molar-refractivity contribution in [3.05, 3.63) is 41.5 Å². The zero-order chi connectivity index (χ0) is 12.1. The molecule has 0 aromatic heterocycles. The zero-order valence-corrected chi connectivity index (χ0v) is 10.8. The van der Waals surface area contributed by atoms with Gasteiger partial charge in [0.15, 0.2) is 0 Å². The van der Waals surface area contributed by atoms with E-state index in [9.17, 15) is 0 Å². The summed E-state index contributed by atoms with van der Waals surface area (Å²) in [4.78, 5) is 0. The highest BCUT2D eigenvalue weighted by Crippen LogP contribution is 2.30. The van der Waals surface area contributed by atoms with Crippen LogP contribution in [0.25, 0.3) is 0 Å². The Morgan fingerprint density at radius 2 is 1.88 bits per heavy atom. The zero-order valence-electron chi connectivity index (χ0n) is 10.8. The summed E-state index contributed by atoms with van der Waals surface area (Å²) in [5, 5.41) is 0. The molecule has 0 saturated heterocycles. The molecule has 0 spiro atoms. The second kappa shape index (κ2) is 5.74. The van der Waals surface area contributed by atoms with Gasteiger partial charge in [0, 0.05) is 0 Å². The molecule has 0 saturated carbocycles. The van der Waals surface area contributed by atoms with E-state index in [0.29, 0.717) is 5.92 Å². The second-order valence-electron chi connectivity index (χ2n) is 4.33. The Labute approximate surface area is 99.1 Å². The minimum Gasteiger partial charge on any atom is -0.494 e. The van der Waals surface area contributed by atoms with Gasteiger partial charge in [-0.25, -0.2) is 0 Å². The summed E-state index contributed by atoms with van der Waals surface area (Å²) in [6.07, 6.45) is 3.01. The number of aryl methyl sites for hydroxylation is 2. The van der Waals surface area contributed by atoms with Gasteiger partial charge < -0.3 is 4.74 Å². The van der Waals surface area contributed by atoms with E-state index in [4.69, 9.17) is 4.74 Å². The van der Waals surface area contributed by atoms with Crippen LogP contribution >= 0.6 is 0 Å². The van der Waals surface area contributed by atoms with Gasteiger partial charge in [-0.2, -0.15) is 0 Å². The van der Waals surface area contributed by atoms with Crippen LogP contribution in [0, 0.1) is 13.8 Å². The van der Waals surface area contributed by atoms with Crippen LogP contribution in [-0.2, 0) is 0 Å². The SMILES string of the molecule is C=CCC(C)c1c(C)cc(OCC)cc1C. The lowest BCUT2D eigenvalue weighted by molar-refractivity contribution is 0.339. The molecule has 16 heavy (non-hydrogen) atoms. The van der Waals surface area contributed by atoms with Gasteiger partial charge in [0.1, 0.15) is 5.75 Å². The number of allylic oxidation sites excluding steroid dienone is 1. The first kappa shape index (κ1) is 12.8. The van der Waals surface area contributed by atoms with Gasteiger partial charge in [0.05, 0.1) is 6.61 Å². The predicted molar refractivity (Wildman–Crippen MR) is 70.3 cm³/mol. The number of ether oxygens (including phenoxy) is 1. The van der Waals surface area contributed by atoms with Gasteiger partial charge in [0.25, 0.3) is 0 Å². The molecule has 1 unspecified atom stereocenters. The molecule has 1 nitrogen and oxygen atoms in total. The van der Waals surface area contributed by atoms with Gasteiger partial charge in [-0.3, -0.25) is 0 Å². The lowest BCUT2D eigenvalue weighted by Crippen LogP contribution is -2.01. The molecule has 0 aliphatic rings. The van der Waals surface area contributed by atoms with Crippen LogP contribution in [-0.4, -0.2) is 6.61 Å². The van der Waals surface area contributed by atoms with Crippen LogP contribution in [0.2, 0.25) is 0 Å². The van der Waals surface area contributed by atoms with Crippen molar-refractivity contribution >= 4 is 0 Å². The molecule has 1 atom stereocenters. The molecule has 88 valence electrons. The Bertz CT molecular complexity index is 343. The molecular formula is C15H22O. The largest absolute Gasteiger partial charge is 0.494 e. The van der Waals surface area contributed by atoms with Crippen molar-refractivity contribution in [2.24, 2.45) is 0 Å². The molecule has 1 aromatic rings. The maximum Gasteiger partial charge on any atom is 0.119 e. The van der Waals surface area contributed by atoms with E-state index in [1.807, 2.05) is 13.0 Å². The summed E-state index contributed by atoms with van der Waals surface area (Å²) in [6, 6.07) is 4.26. The number of benzene rings is 1. The predicted octanol–water partition coefficient (Wildman–Crippen LogP) is 4.38. The van der Waals surface area contributed by atoms with Gasteiger partial charge in [0.2, 0.25) is 0 Å². The molecule has 0 aliphatic carbocycles. The molecule has 1 rings (SSSR count). The Kier molecular flexibility index (Phi) is 4.60. The van der Waals surface area contributed by atoms with Crippen molar-refractivity contribution in [3.8, 4) is 5.75 Å². The van der Waals surface area contributed by atoms with Gasteiger partial charge in [-0.05, 0) is 61.9 Å². The van der Waals surface area contributed by atoms with E-state index >= 15 is 0 Å². The van der Waals surface area contributed by atoms with E-state index in [1.165, 1.54) is 16.7 Å². The molecule has 1 aromatic carbocycles. The fourth-order valence-corrected chi connectivity index (χ4v) is 2.33. The molecule has 0 amide bonds. The highest BCUT2D eigenvalue weighted by molar-refractivity contribution is 5.43. The lowest BCUT2D eigenvalue weighted by Gasteiger charge is -2.17. The maximum absolute atomic E-state index is 5.54. The van der Waals surface area contributed by atoms with Crippen LogP contribution in [0.5, 0.6) is 5.75 Å². The minimum absolute atomic E-state index is 0.535. The Balaban J connectivity index is 3.06. The van der Waals surface area contributed by atoms with Crippen LogP contribution in [0.15, 0.2) is 24.8 Å². The van der Waals surface area contributed by atoms with E-state index in [1.54, 1.807) is 0 Å². The summed E-state index contributed by atoms with van der Waals surface area (Å²) >= 11 is 0. The Hall–Kier alpha value is -1.24. The summed E-state index contributed by atoms with van der Waals surface area (Å²) in [5.74, 6) is 1.51.